The van der Waals surface area contributed by atoms with E-state index in [0.717, 1.165) is 18.8 Å². The second-order valence-electron chi connectivity index (χ2n) is 5.74. The molecule has 3 unspecified atom stereocenters. The van der Waals surface area contributed by atoms with Gasteiger partial charge in [-0.25, -0.2) is 0 Å². The molecule has 0 radical (unpaired) electrons. The van der Waals surface area contributed by atoms with Gasteiger partial charge in [0, 0.05) is 4.92 Å². The third kappa shape index (κ3) is 1.09. The van der Waals surface area contributed by atoms with E-state index in [0.29, 0.717) is 17.8 Å². The van der Waals surface area contributed by atoms with Crippen molar-refractivity contribution in [3.63, 3.8) is 0 Å². The lowest BCUT2D eigenvalue weighted by atomic mass is 9.44. The Morgan fingerprint density at radius 1 is 1.38 bits per heavy atom. The Balaban J connectivity index is 1.86. The van der Waals surface area contributed by atoms with Gasteiger partial charge in [0.15, 0.2) is 0 Å². The van der Waals surface area contributed by atoms with Crippen molar-refractivity contribution in [1.29, 1.82) is 0 Å². The van der Waals surface area contributed by atoms with E-state index < -0.39 is 11.4 Å². The molecule has 1 N–H and O–H groups in total. The van der Waals surface area contributed by atoms with Gasteiger partial charge in [0.2, 0.25) is 6.54 Å². The van der Waals surface area contributed by atoms with Crippen LogP contribution in [-0.2, 0) is 4.79 Å². The molecule has 0 spiro atoms. The van der Waals surface area contributed by atoms with E-state index in [2.05, 4.69) is 0 Å². The Bertz CT molecular complexity index is 335. The Labute approximate surface area is 93.0 Å². The number of fused-ring (bicyclic) bond motifs is 1. The van der Waals surface area contributed by atoms with Gasteiger partial charge >= 0.3 is 5.97 Å². The minimum absolute atomic E-state index is 0.00741. The second kappa shape index (κ2) is 2.96. The van der Waals surface area contributed by atoms with Crippen molar-refractivity contribution in [1.82, 2.24) is 0 Å². The number of nitrogens with zero attached hydrogens (tertiary/aromatic N) is 1. The average molecular weight is 225 g/mol. The molecule has 88 valence electrons. The van der Waals surface area contributed by atoms with Crippen LogP contribution < -0.4 is 0 Å². The van der Waals surface area contributed by atoms with Crippen LogP contribution >= 0.6 is 0 Å². The molecule has 0 aromatic heterocycles. The first-order valence-electron chi connectivity index (χ1n) is 5.86. The van der Waals surface area contributed by atoms with E-state index in [1.807, 2.05) is 0 Å². The highest BCUT2D eigenvalue weighted by molar-refractivity contribution is 5.68. The fourth-order valence-electron chi connectivity index (χ4n) is 4.90. The van der Waals surface area contributed by atoms with Crippen LogP contribution in [0.2, 0.25) is 0 Å². The first-order chi connectivity index (χ1) is 7.53. The molecule has 0 heterocycles. The molecular formula is C11H15NO4. The van der Waals surface area contributed by atoms with E-state index in [4.69, 9.17) is 5.11 Å². The molecule has 0 aliphatic heterocycles. The third-order valence-corrected chi connectivity index (χ3v) is 5.19. The van der Waals surface area contributed by atoms with Gasteiger partial charge in [-0.1, -0.05) is 0 Å². The van der Waals surface area contributed by atoms with Crippen molar-refractivity contribution < 1.29 is 14.8 Å². The summed E-state index contributed by atoms with van der Waals surface area (Å²) in [6, 6.07) is 0. The van der Waals surface area contributed by atoms with E-state index in [-0.39, 0.29) is 17.9 Å². The summed E-state index contributed by atoms with van der Waals surface area (Å²) < 4.78 is 0. The predicted molar refractivity (Wildman–Crippen MR) is 54.4 cm³/mol. The number of carboxylic acid groups (broad SMARTS) is 1. The Morgan fingerprint density at radius 2 is 2.00 bits per heavy atom. The quantitative estimate of drug-likeness (QED) is 0.579. The smallest absolute Gasteiger partial charge is 0.304 e. The lowest BCUT2D eigenvalue weighted by Gasteiger charge is -2.58. The molecular weight excluding hydrogens is 210 g/mol. The highest BCUT2D eigenvalue weighted by Gasteiger charge is 2.71. The van der Waals surface area contributed by atoms with Crippen molar-refractivity contribution in [2.45, 2.75) is 25.7 Å². The summed E-state index contributed by atoms with van der Waals surface area (Å²) in [4.78, 5) is 21.4. The Hall–Kier alpha value is -1.13. The lowest BCUT2D eigenvalue weighted by molar-refractivity contribution is -0.512. The van der Waals surface area contributed by atoms with Crippen LogP contribution in [0.5, 0.6) is 0 Å². The van der Waals surface area contributed by atoms with Gasteiger partial charge in [0.25, 0.3) is 0 Å². The molecule has 0 amide bonds. The maximum atomic E-state index is 10.9. The second-order valence-corrected chi connectivity index (χ2v) is 5.74. The van der Waals surface area contributed by atoms with E-state index in [1.165, 1.54) is 6.42 Å². The van der Waals surface area contributed by atoms with Crippen LogP contribution in [0.25, 0.3) is 0 Å². The number of carboxylic acids is 1. The van der Waals surface area contributed by atoms with Crippen LogP contribution in [0.4, 0.5) is 0 Å². The topological polar surface area (TPSA) is 80.4 Å². The average Bonchev–Trinajstić information content (AvgIpc) is 2.70. The number of hydrogen-bond acceptors (Lipinski definition) is 3. The third-order valence-electron chi connectivity index (χ3n) is 5.19. The van der Waals surface area contributed by atoms with Crippen LogP contribution in [0.15, 0.2) is 0 Å². The van der Waals surface area contributed by atoms with Gasteiger partial charge in [-0.3, -0.25) is 14.9 Å². The fraction of sp³-hybridized carbons (Fsp3) is 0.909. The summed E-state index contributed by atoms with van der Waals surface area (Å²) in [5, 5.41) is 19.7. The normalized spacial score (nSPS) is 47.8. The molecule has 3 fully saturated rings. The fourth-order valence-corrected chi connectivity index (χ4v) is 4.90. The summed E-state index contributed by atoms with van der Waals surface area (Å²) in [6.07, 6.45) is 3.24. The predicted octanol–water partition coefficient (Wildman–Crippen LogP) is 1.40. The maximum Gasteiger partial charge on any atom is 0.304 e. The number of aliphatic carboxylic acids is 1. The molecule has 3 saturated carbocycles. The van der Waals surface area contributed by atoms with Crippen LogP contribution in [0, 0.1) is 39.2 Å². The zero-order valence-corrected chi connectivity index (χ0v) is 8.96. The summed E-state index contributed by atoms with van der Waals surface area (Å²) in [5.41, 5.74) is -0.507. The van der Waals surface area contributed by atoms with E-state index >= 15 is 0 Å². The molecule has 5 atom stereocenters. The number of nitro groups is 1. The number of carbonyl (C=O) groups is 1. The van der Waals surface area contributed by atoms with Crippen molar-refractivity contribution in [2.75, 3.05) is 6.54 Å². The molecule has 0 aromatic rings. The van der Waals surface area contributed by atoms with Crippen molar-refractivity contribution >= 4 is 5.97 Å². The Kier molecular flexibility index (Phi) is 1.86. The summed E-state index contributed by atoms with van der Waals surface area (Å²) in [5.74, 6) is 1.09. The van der Waals surface area contributed by atoms with Gasteiger partial charge in [-0.15, -0.1) is 0 Å². The van der Waals surface area contributed by atoms with Gasteiger partial charge in [0.05, 0.1) is 11.8 Å². The molecule has 3 rings (SSSR count). The maximum absolute atomic E-state index is 10.9. The van der Waals surface area contributed by atoms with Crippen molar-refractivity contribution in [3.05, 3.63) is 10.1 Å². The van der Waals surface area contributed by atoms with Gasteiger partial charge in [0.1, 0.15) is 0 Å². The van der Waals surface area contributed by atoms with Crippen molar-refractivity contribution in [3.8, 4) is 0 Å². The molecule has 16 heavy (non-hydrogen) atoms. The summed E-state index contributed by atoms with van der Waals surface area (Å²) >= 11 is 0. The van der Waals surface area contributed by atoms with Gasteiger partial charge < -0.3 is 5.11 Å². The first-order valence-corrected chi connectivity index (χ1v) is 5.86. The van der Waals surface area contributed by atoms with Crippen molar-refractivity contribution in [2.24, 2.45) is 29.1 Å². The number of hydrogen-bond donors (Lipinski definition) is 1. The summed E-state index contributed by atoms with van der Waals surface area (Å²) in [6.45, 7) is -0.141. The highest BCUT2D eigenvalue weighted by Crippen LogP contribution is 2.73. The largest absolute Gasteiger partial charge is 0.481 e. The van der Waals surface area contributed by atoms with Gasteiger partial charge in [-0.2, -0.15) is 0 Å². The zero-order valence-electron chi connectivity index (χ0n) is 8.96. The van der Waals surface area contributed by atoms with Gasteiger partial charge in [-0.05, 0) is 42.9 Å². The Morgan fingerprint density at radius 3 is 2.38 bits per heavy atom. The van der Waals surface area contributed by atoms with E-state index in [9.17, 15) is 14.9 Å². The molecule has 5 heteroatoms. The molecule has 5 nitrogen and oxygen atoms in total. The molecule has 3 aliphatic rings. The molecule has 0 aromatic carbocycles. The van der Waals surface area contributed by atoms with Crippen LogP contribution in [0.1, 0.15) is 25.7 Å². The van der Waals surface area contributed by atoms with E-state index in [1.54, 1.807) is 0 Å². The molecule has 3 aliphatic carbocycles. The zero-order chi connectivity index (χ0) is 11.5. The lowest BCUT2D eigenvalue weighted by Crippen LogP contribution is -2.59. The minimum atomic E-state index is -0.879. The SMILES string of the molecule is O=C(O)CC1(C[N+](=O)[O-])[C@@H]2CC3CC2[C@@H]1C3. The standard InChI is InChI=1S/C11H15NO4/c13-10(14)4-11(5-12(15)16)8-2-6-1-7(8)9(11)3-6/h6-9H,1-5H2,(H,13,14)/t6?,7?,8-,9+,11?. The number of rotatable bonds is 4. The first kappa shape index (κ1) is 10.1. The minimum Gasteiger partial charge on any atom is -0.481 e. The molecule has 0 saturated heterocycles. The summed E-state index contributed by atoms with van der Waals surface area (Å²) in [7, 11) is 0. The molecule has 2 bridgehead atoms. The monoisotopic (exact) mass is 225 g/mol. The highest BCUT2D eigenvalue weighted by atomic mass is 16.6. The van der Waals surface area contributed by atoms with Crippen LogP contribution in [-0.4, -0.2) is 22.5 Å². The van der Waals surface area contributed by atoms with Crippen LogP contribution in [0.3, 0.4) is 0 Å².